The average molecular weight is 397 g/mol. The number of rotatable bonds is 2. The molecular formula is C16H16N2O2S4. The number of carbonyl (C=O) groups excluding carboxylic acids is 2. The topological polar surface area (TPSA) is 40.6 Å². The second-order valence-electron chi connectivity index (χ2n) is 5.41. The largest absolute Gasteiger partial charge is 0.274 e. The van der Waals surface area contributed by atoms with Crippen LogP contribution in [-0.2, 0) is 9.59 Å². The fourth-order valence-electron chi connectivity index (χ4n) is 2.57. The molecule has 2 aliphatic heterocycles. The predicted octanol–water partition coefficient (Wildman–Crippen LogP) is 3.98. The van der Waals surface area contributed by atoms with Gasteiger partial charge in [-0.25, -0.2) is 0 Å². The maximum absolute atomic E-state index is 12.3. The second kappa shape index (κ2) is 7.95. The summed E-state index contributed by atoms with van der Waals surface area (Å²) in [5.41, 5.74) is 1.48. The lowest BCUT2D eigenvalue weighted by Gasteiger charge is -2.23. The van der Waals surface area contributed by atoms with Gasteiger partial charge in [-0.3, -0.25) is 19.4 Å². The van der Waals surface area contributed by atoms with Gasteiger partial charge >= 0.3 is 0 Å². The summed E-state index contributed by atoms with van der Waals surface area (Å²) in [4.78, 5) is 27.8. The number of thiocarbonyl (C=S) groups is 2. The van der Waals surface area contributed by atoms with Gasteiger partial charge in [-0.15, -0.1) is 0 Å². The van der Waals surface area contributed by atoms with Gasteiger partial charge in [-0.2, -0.15) is 0 Å². The van der Waals surface area contributed by atoms with E-state index in [-0.39, 0.29) is 11.8 Å². The van der Waals surface area contributed by atoms with Crippen molar-refractivity contribution in [2.75, 3.05) is 21.3 Å². The van der Waals surface area contributed by atoms with Gasteiger partial charge in [0.2, 0.25) is 11.8 Å². The van der Waals surface area contributed by atoms with Crippen LogP contribution in [0.3, 0.4) is 0 Å². The van der Waals surface area contributed by atoms with Gasteiger partial charge in [-0.1, -0.05) is 48.0 Å². The first-order chi connectivity index (χ1) is 11.6. The maximum atomic E-state index is 12.3. The molecule has 4 nitrogen and oxygen atoms in total. The molecule has 3 rings (SSSR count). The molecule has 0 unspecified atom stereocenters. The van der Waals surface area contributed by atoms with Gasteiger partial charge in [0.1, 0.15) is 8.64 Å². The van der Waals surface area contributed by atoms with E-state index >= 15 is 0 Å². The van der Waals surface area contributed by atoms with E-state index in [9.17, 15) is 9.59 Å². The minimum Gasteiger partial charge on any atom is -0.274 e. The van der Waals surface area contributed by atoms with Crippen LogP contribution >= 0.6 is 48.0 Å². The van der Waals surface area contributed by atoms with Gasteiger partial charge < -0.3 is 0 Å². The van der Waals surface area contributed by atoms with Crippen LogP contribution in [-0.4, -0.2) is 32.0 Å². The zero-order chi connectivity index (χ0) is 17.1. The van der Waals surface area contributed by atoms with Crippen LogP contribution in [0.2, 0.25) is 0 Å². The molecule has 0 atom stereocenters. The first-order valence-electron chi connectivity index (χ1n) is 7.67. The molecule has 0 spiro atoms. The zero-order valence-electron chi connectivity index (χ0n) is 12.9. The monoisotopic (exact) mass is 396 g/mol. The summed E-state index contributed by atoms with van der Waals surface area (Å²) in [5, 5.41) is 0. The average Bonchev–Trinajstić information content (AvgIpc) is 2.83. The van der Waals surface area contributed by atoms with E-state index in [2.05, 4.69) is 0 Å². The first kappa shape index (κ1) is 17.8. The van der Waals surface area contributed by atoms with Gasteiger partial charge in [0.05, 0.1) is 11.4 Å². The number of carbonyl (C=O) groups is 2. The number of hydrogen-bond donors (Lipinski definition) is 0. The highest BCUT2D eigenvalue weighted by Crippen LogP contribution is 2.30. The number of thioether (sulfide) groups is 2. The van der Waals surface area contributed by atoms with Crippen LogP contribution in [0.25, 0.3) is 0 Å². The third-order valence-electron chi connectivity index (χ3n) is 3.75. The standard InChI is InChI=1S/C16H16N2O2S4/c19-13-3-1-9-23-15(21)17(13)11-5-7-12(8-6-11)18-14(20)4-2-10-24-16(18)22/h5-8H,1-4,9-10H2. The zero-order valence-corrected chi connectivity index (χ0v) is 16.2. The molecule has 2 amide bonds. The molecule has 2 saturated heterocycles. The first-order valence-corrected chi connectivity index (χ1v) is 10.5. The molecule has 0 aromatic heterocycles. The molecule has 126 valence electrons. The van der Waals surface area contributed by atoms with Crippen LogP contribution < -0.4 is 9.80 Å². The minimum absolute atomic E-state index is 0.0228. The maximum Gasteiger partial charge on any atom is 0.232 e. The van der Waals surface area contributed by atoms with Crippen LogP contribution in [0.15, 0.2) is 24.3 Å². The summed E-state index contributed by atoms with van der Waals surface area (Å²) in [7, 11) is 0. The van der Waals surface area contributed by atoms with Crippen molar-refractivity contribution in [3.05, 3.63) is 24.3 Å². The Kier molecular flexibility index (Phi) is 5.91. The molecular weight excluding hydrogens is 380 g/mol. The normalized spacial score (nSPS) is 20.2. The van der Waals surface area contributed by atoms with E-state index in [1.54, 1.807) is 9.80 Å². The van der Waals surface area contributed by atoms with Crippen LogP contribution in [0.5, 0.6) is 0 Å². The van der Waals surface area contributed by atoms with Crippen molar-refractivity contribution < 1.29 is 9.59 Å². The third-order valence-corrected chi connectivity index (χ3v) is 6.67. The van der Waals surface area contributed by atoms with Gasteiger partial charge in [0, 0.05) is 24.3 Å². The van der Waals surface area contributed by atoms with E-state index in [0.29, 0.717) is 21.5 Å². The highest BCUT2D eigenvalue weighted by molar-refractivity contribution is 8.23. The Labute approximate surface area is 160 Å². The fraction of sp³-hybridized carbons (Fsp3) is 0.375. The summed E-state index contributed by atoms with van der Waals surface area (Å²) in [6.07, 6.45) is 2.68. The van der Waals surface area contributed by atoms with Crippen LogP contribution in [0, 0.1) is 0 Å². The van der Waals surface area contributed by atoms with Crippen molar-refractivity contribution >= 4 is 79.8 Å². The van der Waals surface area contributed by atoms with E-state index < -0.39 is 0 Å². The van der Waals surface area contributed by atoms with Crippen molar-refractivity contribution in [2.24, 2.45) is 0 Å². The van der Waals surface area contributed by atoms with E-state index in [1.807, 2.05) is 24.3 Å². The minimum atomic E-state index is 0.0228. The van der Waals surface area contributed by atoms with E-state index in [4.69, 9.17) is 24.4 Å². The van der Waals surface area contributed by atoms with Crippen LogP contribution in [0.1, 0.15) is 25.7 Å². The molecule has 0 saturated carbocycles. The SMILES string of the molecule is O=C1CCCSC(=S)N1c1ccc(N2C(=O)CCCSC2=S)cc1. The molecule has 0 N–H and O–H groups in total. The Bertz CT molecular complexity index is 595. The lowest BCUT2D eigenvalue weighted by Crippen LogP contribution is -2.33. The molecule has 8 heteroatoms. The van der Waals surface area contributed by atoms with Crippen molar-refractivity contribution in [3.63, 3.8) is 0 Å². The number of amides is 2. The van der Waals surface area contributed by atoms with Gasteiger partial charge in [-0.05, 0) is 37.1 Å². The van der Waals surface area contributed by atoms with Crippen molar-refractivity contribution in [1.82, 2.24) is 0 Å². The molecule has 2 aliphatic rings. The lowest BCUT2D eigenvalue weighted by atomic mass is 10.2. The molecule has 2 fully saturated rings. The molecule has 0 aliphatic carbocycles. The van der Waals surface area contributed by atoms with Crippen molar-refractivity contribution in [1.29, 1.82) is 0 Å². The molecule has 0 bridgehead atoms. The van der Waals surface area contributed by atoms with Crippen molar-refractivity contribution in [3.8, 4) is 0 Å². The Morgan fingerprint density at radius 3 is 1.50 bits per heavy atom. The Morgan fingerprint density at radius 2 is 1.12 bits per heavy atom. The van der Waals surface area contributed by atoms with Gasteiger partial charge in [0.25, 0.3) is 0 Å². The number of benzene rings is 1. The Balaban J connectivity index is 1.87. The number of nitrogens with zero attached hydrogens (tertiary/aromatic N) is 2. The lowest BCUT2D eigenvalue weighted by molar-refractivity contribution is -0.118. The highest BCUT2D eigenvalue weighted by Gasteiger charge is 2.26. The predicted molar refractivity (Wildman–Crippen MR) is 110 cm³/mol. The Morgan fingerprint density at radius 1 is 0.750 bits per heavy atom. The molecule has 2 heterocycles. The van der Waals surface area contributed by atoms with E-state index in [1.165, 1.54) is 23.5 Å². The summed E-state index contributed by atoms with van der Waals surface area (Å²) in [6.45, 7) is 0. The highest BCUT2D eigenvalue weighted by atomic mass is 32.2. The summed E-state index contributed by atoms with van der Waals surface area (Å²) in [5.74, 6) is 1.78. The van der Waals surface area contributed by atoms with Crippen LogP contribution in [0.4, 0.5) is 11.4 Å². The Hall–Kier alpha value is -0.960. The molecule has 1 aromatic rings. The number of anilines is 2. The van der Waals surface area contributed by atoms with Crippen molar-refractivity contribution in [2.45, 2.75) is 25.7 Å². The summed E-state index contributed by atoms with van der Waals surface area (Å²) in [6, 6.07) is 7.32. The molecule has 0 radical (unpaired) electrons. The fourth-order valence-corrected chi connectivity index (χ4v) is 5.09. The molecule has 24 heavy (non-hydrogen) atoms. The quantitative estimate of drug-likeness (QED) is 0.705. The van der Waals surface area contributed by atoms with E-state index in [0.717, 1.165) is 35.7 Å². The number of hydrogen-bond acceptors (Lipinski definition) is 6. The third kappa shape index (κ3) is 3.82. The van der Waals surface area contributed by atoms with Gasteiger partial charge in [0.15, 0.2) is 0 Å². The smallest absolute Gasteiger partial charge is 0.232 e. The second-order valence-corrected chi connectivity index (χ2v) is 8.87. The molecule has 1 aromatic carbocycles. The summed E-state index contributed by atoms with van der Waals surface area (Å²) < 4.78 is 1.17. The summed E-state index contributed by atoms with van der Waals surface area (Å²) >= 11 is 13.8.